The molecule has 0 aromatic rings. The van der Waals surface area contributed by atoms with Crippen molar-refractivity contribution in [2.45, 2.75) is 4.58 Å². The molecule has 0 fully saturated rings. The van der Waals surface area contributed by atoms with Crippen molar-refractivity contribution in [3.63, 3.8) is 0 Å². The maximum Gasteiger partial charge on any atom is 0.0560 e. The quantitative estimate of drug-likeness (QED) is 0.366. The average Bonchev–Trinajstić information content (AvgIpc) is 1.98. The molecular formula is C5H12S5. The Labute approximate surface area is 87.9 Å². The minimum Gasteiger partial charge on any atom is -0.177 e. The van der Waals surface area contributed by atoms with Gasteiger partial charge in [0.15, 0.2) is 0 Å². The fraction of sp³-hybridized carbons (Fsp3) is 1.00. The van der Waals surface area contributed by atoms with Gasteiger partial charge < -0.3 is 0 Å². The average molecular weight is 232 g/mol. The van der Waals surface area contributed by atoms with Gasteiger partial charge in [-0.05, 0) is 0 Å². The van der Waals surface area contributed by atoms with E-state index in [-0.39, 0.29) is 0 Å². The van der Waals surface area contributed by atoms with Crippen molar-refractivity contribution in [3.8, 4) is 0 Å². The Morgan fingerprint density at radius 3 is 2.40 bits per heavy atom. The van der Waals surface area contributed by atoms with Gasteiger partial charge in [-0.1, -0.05) is 0 Å². The summed E-state index contributed by atoms with van der Waals surface area (Å²) in [5.74, 6) is 3.16. The lowest BCUT2D eigenvalue weighted by atomic mass is 10.9. The van der Waals surface area contributed by atoms with Crippen LogP contribution in [0, 0.1) is 0 Å². The molecule has 0 saturated carbocycles. The first-order valence-corrected chi connectivity index (χ1v) is 6.89. The van der Waals surface area contributed by atoms with Crippen LogP contribution in [0.5, 0.6) is 0 Å². The van der Waals surface area contributed by atoms with Crippen LogP contribution in [0.25, 0.3) is 0 Å². The summed E-state index contributed by atoms with van der Waals surface area (Å²) in [6.07, 6.45) is 0. The largest absolute Gasteiger partial charge is 0.177 e. The third-order valence-corrected chi connectivity index (χ3v) is 4.79. The molecule has 0 saturated heterocycles. The molecule has 0 aromatic carbocycles. The van der Waals surface area contributed by atoms with E-state index < -0.39 is 0 Å². The van der Waals surface area contributed by atoms with E-state index in [0.29, 0.717) is 4.58 Å². The van der Waals surface area contributed by atoms with Crippen molar-refractivity contribution in [1.82, 2.24) is 0 Å². The first-order valence-electron chi connectivity index (χ1n) is 2.90. The highest BCUT2D eigenvalue weighted by atomic mass is 32.2. The van der Waals surface area contributed by atoms with Crippen molar-refractivity contribution in [1.29, 1.82) is 0 Å². The first kappa shape index (κ1) is 11.8. The summed E-state index contributed by atoms with van der Waals surface area (Å²) in [5.41, 5.74) is 0. The second-order valence-corrected chi connectivity index (χ2v) is 6.04. The van der Waals surface area contributed by atoms with Crippen molar-refractivity contribution in [2.24, 2.45) is 0 Å². The predicted molar refractivity (Wildman–Crippen MR) is 65.4 cm³/mol. The van der Waals surface area contributed by atoms with E-state index in [9.17, 15) is 0 Å². The Balaban J connectivity index is 2.89. The van der Waals surface area contributed by atoms with Gasteiger partial charge in [-0.2, -0.15) is 49.6 Å². The zero-order chi connectivity index (χ0) is 7.82. The molecule has 0 aliphatic rings. The standard InChI is InChI=1S/C5H12S5/c6-3-5(8)10-2-1-9-4-7/h5-8H,1-4H2. The van der Waals surface area contributed by atoms with Gasteiger partial charge >= 0.3 is 0 Å². The molecule has 0 heterocycles. The molecule has 62 valence electrons. The lowest BCUT2D eigenvalue weighted by Gasteiger charge is -2.04. The number of hydrogen-bond acceptors (Lipinski definition) is 5. The van der Waals surface area contributed by atoms with Gasteiger partial charge in [-0.15, -0.1) is 11.8 Å². The van der Waals surface area contributed by atoms with E-state index in [1.54, 1.807) is 0 Å². The smallest absolute Gasteiger partial charge is 0.0560 e. The molecular weight excluding hydrogens is 220 g/mol. The Morgan fingerprint density at radius 1 is 1.20 bits per heavy atom. The number of thioether (sulfide) groups is 2. The summed E-state index contributed by atoms with van der Waals surface area (Å²) in [7, 11) is 0. The molecule has 0 aliphatic heterocycles. The fourth-order valence-electron chi connectivity index (χ4n) is 0.360. The van der Waals surface area contributed by atoms with Gasteiger partial charge in [0.2, 0.25) is 0 Å². The van der Waals surface area contributed by atoms with Crippen LogP contribution < -0.4 is 0 Å². The van der Waals surface area contributed by atoms with Crippen LogP contribution in [-0.4, -0.2) is 26.9 Å². The number of hydrogen-bond donors (Lipinski definition) is 3. The molecule has 0 rings (SSSR count). The molecule has 0 bridgehead atoms. The molecule has 1 atom stereocenters. The topological polar surface area (TPSA) is 0 Å². The van der Waals surface area contributed by atoms with Crippen LogP contribution >= 0.6 is 61.4 Å². The zero-order valence-corrected chi connectivity index (χ0v) is 9.88. The highest BCUT2D eigenvalue weighted by Gasteiger charge is 1.98. The SMILES string of the molecule is SCSCCSC(S)CS. The Bertz CT molecular complexity index is 67.1. The summed E-state index contributed by atoms with van der Waals surface area (Å²) in [6.45, 7) is 0. The van der Waals surface area contributed by atoms with E-state index in [4.69, 9.17) is 0 Å². The lowest BCUT2D eigenvalue weighted by Crippen LogP contribution is -1.96. The molecule has 0 amide bonds. The van der Waals surface area contributed by atoms with E-state index in [1.165, 1.54) is 5.75 Å². The maximum atomic E-state index is 4.29. The minimum atomic E-state index is 0.392. The second-order valence-electron chi connectivity index (χ2n) is 1.55. The number of thiol groups is 3. The Hall–Kier alpha value is 1.75. The Kier molecular flexibility index (Phi) is 10.4. The molecule has 10 heavy (non-hydrogen) atoms. The van der Waals surface area contributed by atoms with Crippen LogP contribution in [0.1, 0.15) is 0 Å². The van der Waals surface area contributed by atoms with Gasteiger partial charge in [0.25, 0.3) is 0 Å². The number of rotatable bonds is 6. The third-order valence-electron chi connectivity index (χ3n) is 0.785. The van der Waals surface area contributed by atoms with E-state index in [0.717, 1.165) is 16.6 Å². The molecule has 0 aliphatic carbocycles. The van der Waals surface area contributed by atoms with Gasteiger partial charge in [0, 0.05) is 22.3 Å². The van der Waals surface area contributed by atoms with Crippen LogP contribution in [0.4, 0.5) is 0 Å². The second kappa shape index (κ2) is 8.84. The van der Waals surface area contributed by atoms with Gasteiger partial charge in [-0.25, -0.2) is 0 Å². The van der Waals surface area contributed by atoms with E-state index in [1.807, 2.05) is 23.5 Å². The van der Waals surface area contributed by atoms with Crippen molar-refractivity contribution in [2.75, 3.05) is 22.3 Å². The highest BCUT2D eigenvalue weighted by Crippen LogP contribution is 2.17. The summed E-state index contributed by atoms with van der Waals surface area (Å²) in [4.78, 5) is 0. The molecule has 0 spiro atoms. The third kappa shape index (κ3) is 7.85. The zero-order valence-electron chi connectivity index (χ0n) is 5.56. The van der Waals surface area contributed by atoms with Crippen molar-refractivity contribution >= 4 is 61.4 Å². The molecule has 0 N–H and O–H groups in total. The molecule has 0 aromatic heterocycles. The molecule has 1 unspecified atom stereocenters. The normalized spacial score (nSPS) is 13.5. The van der Waals surface area contributed by atoms with Crippen LogP contribution in [0.2, 0.25) is 0 Å². The summed E-state index contributed by atoms with van der Waals surface area (Å²) in [6, 6.07) is 0. The summed E-state index contributed by atoms with van der Waals surface area (Å²) in [5, 5.41) is 0.915. The Morgan fingerprint density at radius 2 is 1.90 bits per heavy atom. The minimum absolute atomic E-state index is 0.392. The maximum absolute atomic E-state index is 4.29. The summed E-state index contributed by atoms with van der Waals surface area (Å²) >= 11 is 16.2. The van der Waals surface area contributed by atoms with Crippen LogP contribution in [-0.2, 0) is 0 Å². The van der Waals surface area contributed by atoms with Gasteiger partial charge in [0.1, 0.15) is 0 Å². The molecule has 5 heteroatoms. The first-order chi connectivity index (χ1) is 4.81. The van der Waals surface area contributed by atoms with Gasteiger partial charge in [-0.3, -0.25) is 0 Å². The van der Waals surface area contributed by atoms with E-state index in [2.05, 4.69) is 37.9 Å². The summed E-state index contributed by atoms with van der Waals surface area (Å²) < 4.78 is 0.392. The van der Waals surface area contributed by atoms with Crippen molar-refractivity contribution in [3.05, 3.63) is 0 Å². The van der Waals surface area contributed by atoms with Crippen LogP contribution in [0.3, 0.4) is 0 Å². The fourth-order valence-corrected chi connectivity index (χ4v) is 2.74. The predicted octanol–water partition coefficient (Wildman–Crippen LogP) is 2.53. The molecule has 0 nitrogen and oxygen atoms in total. The van der Waals surface area contributed by atoms with Crippen molar-refractivity contribution < 1.29 is 0 Å². The monoisotopic (exact) mass is 232 g/mol. The lowest BCUT2D eigenvalue weighted by molar-refractivity contribution is 1.44. The van der Waals surface area contributed by atoms with Gasteiger partial charge in [0.05, 0.1) is 4.58 Å². The molecule has 0 radical (unpaired) electrons. The highest BCUT2D eigenvalue weighted by molar-refractivity contribution is 8.13. The van der Waals surface area contributed by atoms with E-state index >= 15 is 0 Å². The van der Waals surface area contributed by atoms with Crippen LogP contribution in [0.15, 0.2) is 0 Å².